The summed E-state index contributed by atoms with van der Waals surface area (Å²) >= 11 is 0. The van der Waals surface area contributed by atoms with Gasteiger partial charge in [0.15, 0.2) is 0 Å². The molecule has 10 rings (SSSR count). The average Bonchev–Trinajstić information content (AvgIpc) is 3.91. The average molecular weight is 975 g/mol. The number of hydrogen-bond acceptors (Lipinski definition) is 3. The highest BCUT2D eigenvalue weighted by Gasteiger charge is 2.34. The van der Waals surface area contributed by atoms with E-state index in [-0.39, 0.29) is 32.5 Å². The standard InChI is InChI=1S/C70H78N4/c1-65(2,3)48-27-29-49(30-28-48)69(13,14)51-34-35-71-64(44-51)74-60-33-26-47(46-22-18-17-19-23-46)36-59(60)58-32-31-50(43-63(58)74)70(15,16)55-38-54(68(10,11)12)41-57(42-55)73-45-72(61-24-20-21-25-62(61)73)56-39-52(66(4,5)6)37-53(40-56)67(7,8)9/h17-44H,45H2,1-16H3. The van der Waals surface area contributed by atoms with Crippen molar-refractivity contribution in [2.24, 2.45) is 0 Å². The van der Waals surface area contributed by atoms with Gasteiger partial charge in [-0.1, -0.05) is 208 Å². The molecule has 0 saturated heterocycles. The van der Waals surface area contributed by atoms with Crippen molar-refractivity contribution in [2.45, 2.75) is 143 Å². The van der Waals surface area contributed by atoms with Crippen LogP contribution in [-0.2, 0) is 32.5 Å². The lowest BCUT2D eigenvalue weighted by Crippen LogP contribution is -2.27. The van der Waals surface area contributed by atoms with Gasteiger partial charge in [-0.2, -0.15) is 0 Å². The van der Waals surface area contributed by atoms with Crippen molar-refractivity contribution >= 4 is 44.6 Å². The van der Waals surface area contributed by atoms with Gasteiger partial charge in [-0.15, -0.1) is 0 Å². The van der Waals surface area contributed by atoms with E-state index in [9.17, 15) is 0 Å². The van der Waals surface area contributed by atoms with Crippen molar-refractivity contribution < 1.29 is 0 Å². The highest BCUT2D eigenvalue weighted by molar-refractivity contribution is 6.10. The van der Waals surface area contributed by atoms with Crippen LogP contribution in [0.4, 0.5) is 22.7 Å². The molecule has 0 saturated carbocycles. The van der Waals surface area contributed by atoms with E-state index in [1.165, 1.54) is 89.2 Å². The molecule has 4 nitrogen and oxygen atoms in total. The molecule has 74 heavy (non-hydrogen) atoms. The second-order valence-electron chi connectivity index (χ2n) is 26.4. The van der Waals surface area contributed by atoms with Crippen molar-refractivity contribution in [2.75, 3.05) is 16.5 Å². The van der Waals surface area contributed by atoms with E-state index in [1.807, 2.05) is 6.20 Å². The Labute approximate surface area is 443 Å². The summed E-state index contributed by atoms with van der Waals surface area (Å²) in [4.78, 5) is 10.3. The molecule has 378 valence electrons. The molecule has 7 aromatic carbocycles. The lowest BCUT2D eigenvalue weighted by Gasteiger charge is -2.32. The van der Waals surface area contributed by atoms with Crippen LogP contribution < -0.4 is 9.80 Å². The van der Waals surface area contributed by atoms with Crippen LogP contribution in [0.5, 0.6) is 0 Å². The first-order chi connectivity index (χ1) is 34.7. The highest BCUT2D eigenvalue weighted by atomic mass is 15.4. The number of para-hydroxylation sites is 2. The van der Waals surface area contributed by atoms with Crippen LogP contribution in [0.25, 0.3) is 38.8 Å². The van der Waals surface area contributed by atoms with Crippen molar-refractivity contribution in [1.82, 2.24) is 9.55 Å². The lowest BCUT2D eigenvalue weighted by molar-refractivity contribution is 0.568. The molecule has 0 N–H and O–H groups in total. The number of nitrogens with zero attached hydrogens (tertiary/aromatic N) is 4. The van der Waals surface area contributed by atoms with E-state index in [1.54, 1.807) is 0 Å². The van der Waals surface area contributed by atoms with Gasteiger partial charge in [0.2, 0.25) is 0 Å². The molecule has 3 heterocycles. The number of hydrogen-bond donors (Lipinski definition) is 0. The minimum absolute atomic E-state index is 0.00971. The number of aromatic nitrogens is 2. The molecular formula is C70H78N4. The van der Waals surface area contributed by atoms with E-state index in [2.05, 4.69) is 289 Å². The number of benzene rings is 7. The molecule has 0 fully saturated rings. The Balaban J connectivity index is 1.11. The summed E-state index contributed by atoms with van der Waals surface area (Å²) in [5.41, 5.74) is 19.4. The Morgan fingerprint density at radius 1 is 0.338 bits per heavy atom. The minimum Gasteiger partial charge on any atom is -0.321 e. The normalized spacial score (nSPS) is 13.8. The largest absolute Gasteiger partial charge is 0.321 e. The van der Waals surface area contributed by atoms with Gasteiger partial charge in [-0.05, 0) is 144 Å². The number of fused-ring (bicyclic) bond motifs is 4. The summed E-state index contributed by atoms with van der Waals surface area (Å²) in [6.45, 7) is 38.0. The van der Waals surface area contributed by atoms with Crippen molar-refractivity contribution in [1.29, 1.82) is 0 Å². The Bertz CT molecular complexity index is 3530. The number of anilines is 4. The molecule has 2 aromatic heterocycles. The minimum atomic E-state index is -0.376. The Hall–Kier alpha value is -6.91. The molecule has 0 aliphatic carbocycles. The summed E-state index contributed by atoms with van der Waals surface area (Å²) in [5, 5.41) is 2.43. The maximum atomic E-state index is 5.19. The van der Waals surface area contributed by atoms with Crippen molar-refractivity contribution in [3.05, 3.63) is 214 Å². The van der Waals surface area contributed by atoms with Crippen LogP contribution in [0.2, 0.25) is 0 Å². The first-order valence-electron chi connectivity index (χ1n) is 26.9. The van der Waals surface area contributed by atoms with E-state index in [0.29, 0.717) is 6.67 Å². The molecule has 0 spiro atoms. The second kappa shape index (κ2) is 17.9. The SMILES string of the molecule is CC(C)(C)c1ccc(C(C)(C)c2ccnc(-n3c4ccc(-c5ccccc5)cc4c4ccc(C(C)(C)c5cc(N6CN(c7cc(C(C)(C)C)cc(C(C)(C)C)c7)c7ccccc76)cc(C(C)(C)C)c5)cc43)c2)cc1. The maximum Gasteiger partial charge on any atom is 0.137 e. The zero-order valence-corrected chi connectivity index (χ0v) is 47.2. The predicted molar refractivity (Wildman–Crippen MR) is 318 cm³/mol. The molecular weight excluding hydrogens is 897 g/mol. The maximum absolute atomic E-state index is 5.19. The van der Waals surface area contributed by atoms with Gasteiger partial charge in [0, 0.05) is 39.2 Å². The molecule has 0 radical (unpaired) electrons. The third-order valence-corrected chi connectivity index (χ3v) is 16.3. The first-order valence-corrected chi connectivity index (χ1v) is 26.9. The van der Waals surface area contributed by atoms with Gasteiger partial charge in [0.1, 0.15) is 12.5 Å². The summed E-state index contributed by atoms with van der Waals surface area (Å²) < 4.78 is 2.41. The quantitative estimate of drug-likeness (QED) is 0.152. The van der Waals surface area contributed by atoms with E-state index in [4.69, 9.17) is 4.98 Å². The van der Waals surface area contributed by atoms with Gasteiger partial charge in [0.05, 0.1) is 22.4 Å². The summed E-state index contributed by atoms with van der Waals surface area (Å²) in [6, 6.07) is 62.2. The fraction of sp³-hybridized carbons (Fsp3) is 0.329. The van der Waals surface area contributed by atoms with Crippen LogP contribution in [0.15, 0.2) is 170 Å². The third kappa shape index (κ3) is 9.24. The molecule has 1 aliphatic heterocycles. The Kier molecular flexibility index (Phi) is 12.2. The second-order valence-corrected chi connectivity index (χ2v) is 26.4. The van der Waals surface area contributed by atoms with Crippen LogP contribution >= 0.6 is 0 Å². The topological polar surface area (TPSA) is 24.3 Å². The van der Waals surface area contributed by atoms with Crippen molar-refractivity contribution in [3.8, 4) is 16.9 Å². The molecule has 0 bridgehead atoms. The fourth-order valence-electron chi connectivity index (χ4n) is 11.0. The van der Waals surface area contributed by atoms with Gasteiger partial charge in [-0.25, -0.2) is 4.98 Å². The van der Waals surface area contributed by atoms with Crippen molar-refractivity contribution in [3.63, 3.8) is 0 Å². The number of rotatable bonds is 8. The zero-order valence-electron chi connectivity index (χ0n) is 47.2. The lowest BCUT2D eigenvalue weighted by atomic mass is 9.75. The molecule has 0 amide bonds. The third-order valence-electron chi connectivity index (χ3n) is 16.3. The number of pyridine rings is 1. The fourth-order valence-corrected chi connectivity index (χ4v) is 11.0. The molecule has 1 aliphatic rings. The summed E-state index contributed by atoms with van der Waals surface area (Å²) in [5.74, 6) is 0.918. The van der Waals surface area contributed by atoms with Crippen LogP contribution in [0.3, 0.4) is 0 Å². The van der Waals surface area contributed by atoms with Gasteiger partial charge in [0.25, 0.3) is 0 Å². The summed E-state index contributed by atoms with van der Waals surface area (Å²) in [7, 11) is 0. The van der Waals surface area contributed by atoms with Gasteiger partial charge < -0.3 is 9.80 Å². The van der Waals surface area contributed by atoms with Crippen LogP contribution in [-0.4, -0.2) is 16.2 Å². The van der Waals surface area contributed by atoms with E-state index in [0.717, 1.165) is 16.9 Å². The predicted octanol–water partition coefficient (Wildman–Crippen LogP) is 18.9. The molecule has 4 heteroatoms. The van der Waals surface area contributed by atoms with Crippen LogP contribution in [0, 0.1) is 0 Å². The van der Waals surface area contributed by atoms with E-state index < -0.39 is 0 Å². The zero-order chi connectivity index (χ0) is 52.9. The Morgan fingerprint density at radius 2 is 0.811 bits per heavy atom. The highest BCUT2D eigenvalue weighted by Crippen LogP contribution is 2.48. The smallest absolute Gasteiger partial charge is 0.137 e. The first kappa shape index (κ1) is 50.6. The van der Waals surface area contributed by atoms with Gasteiger partial charge in [-0.3, -0.25) is 4.57 Å². The van der Waals surface area contributed by atoms with Crippen LogP contribution in [0.1, 0.15) is 155 Å². The molecule has 0 unspecified atom stereocenters. The monoisotopic (exact) mass is 975 g/mol. The van der Waals surface area contributed by atoms with Gasteiger partial charge >= 0.3 is 0 Å². The summed E-state index contributed by atoms with van der Waals surface area (Å²) in [6.07, 6.45) is 2.00. The molecule has 0 atom stereocenters. The molecule has 9 aromatic rings. The Morgan fingerprint density at radius 3 is 1.36 bits per heavy atom. The van der Waals surface area contributed by atoms with E-state index >= 15 is 0 Å².